The van der Waals surface area contributed by atoms with Gasteiger partial charge in [-0.1, -0.05) is 24.3 Å². The second-order valence-corrected chi connectivity index (χ2v) is 5.34. The fourth-order valence-corrected chi connectivity index (χ4v) is 3.08. The van der Waals surface area contributed by atoms with E-state index in [1.165, 1.54) is 0 Å². The van der Waals surface area contributed by atoms with Gasteiger partial charge in [0.2, 0.25) is 0 Å². The van der Waals surface area contributed by atoms with Crippen LogP contribution in [-0.2, 0) is 0 Å². The highest BCUT2D eigenvalue weighted by Crippen LogP contribution is 2.35. The zero-order chi connectivity index (χ0) is 15.4. The molecule has 0 saturated heterocycles. The van der Waals surface area contributed by atoms with E-state index in [1.807, 2.05) is 24.3 Å². The van der Waals surface area contributed by atoms with Crippen LogP contribution in [0.15, 0.2) is 48.5 Å². The third-order valence-electron chi connectivity index (χ3n) is 4.03. The third kappa shape index (κ3) is 1.64. The number of carboxylic acids is 2. The molecule has 0 atom stereocenters. The van der Waals surface area contributed by atoms with Gasteiger partial charge in [-0.25, -0.2) is 9.59 Å². The van der Waals surface area contributed by atoms with Crippen LogP contribution in [0.1, 0.15) is 20.7 Å². The van der Waals surface area contributed by atoms with Crippen molar-refractivity contribution >= 4 is 44.3 Å². The molecule has 0 fully saturated rings. The summed E-state index contributed by atoms with van der Waals surface area (Å²) in [6.07, 6.45) is 0. The molecule has 2 N–H and O–H groups in total. The number of aromatic carboxylic acids is 2. The summed E-state index contributed by atoms with van der Waals surface area (Å²) in [5.74, 6) is -1.92. The molecule has 106 valence electrons. The molecule has 0 aliphatic rings. The molecule has 0 unspecified atom stereocenters. The molecule has 0 aliphatic carbocycles. The highest BCUT2D eigenvalue weighted by molar-refractivity contribution is 6.24. The summed E-state index contributed by atoms with van der Waals surface area (Å²) in [5, 5.41) is 23.7. The molecular formula is C18H10O4. The summed E-state index contributed by atoms with van der Waals surface area (Å²) < 4.78 is 0. The number of hydrogen-bond acceptors (Lipinski definition) is 2. The van der Waals surface area contributed by atoms with Crippen molar-refractivity contribution in [2.24, 2.45) is 0 Å². The molecule has 0 saturated carbocycles. The van der Waals surface area contributed by atoms with Crippen LogP contribution in [0, 0.1) is 0 Å². The second-order valence-electron chi connectivity index (χ2n) is 5.34. The van der Waals surface area contributed by atoms with Crippen LogP contribution in [0.2, 0.25) is 0 Å². The zero-order valence-corrected chi connectivity index (χ0v) is 11.3. The van der Waals surface area contributed by atoms with Crippen LogP contribution >= 0.6 is 0 Å². The van der Waals surface area contributed by atoms with Crippen molar-refractivity contribution in [3.8, 4) is 0 Å². The topological polar surface area (TPSA) is 74.6 Å². The first-order chi connectivity index (χ1) is 10.5. The number of benzene rings is 4. The normalized spacial score (nSPS) is 11.5. The van der Waals surface area contributed by atoms with Crippen molar-refractivity contribution in [3.05, 3.63) is 59.7 Å². The molecule has 0 aliphatic heterocycles. The molecule has 4 rings (SSSR count). The SMILES string of the molecule is O=C(O)c1cc2ccc3cc(C(=O)O)cc4ccc(c1)c2c34. The minimum Gasteiger partial charge on any atom is -0.478 e. The molecule has 4 aromatic carbocycles. The molecule has 0 spiro atoms. The average molecular weight is 290 g/mol. The lowest BCUT2D eigenvalue weighted by Crippen LogP contribution is -1.98. The quantitative estimate of drug-likeness (QED) is 0.547. The van der Waals surface area contributed by atoms with Gasteiger partial charge in [0.1, 0.15) is 0 Å². The smallest absolute Gasteiger partial charge is 0.335 e. The number of hydrogen-bond donors (Lipinski definition) is 2. The zero-order valence-electron chi connectivity index (χ0n) is 11.3. The first-order valence-electron chi connectivity index (χ1n) is 6.74. The van der Waals surface area contributed by atoms with E-state index < -0.39 is 11.9 Å². The summed E-state index contributed by atoms with van der Waals surface area (Å²) in [6.45, 7) is 0. The summed E-state index contributed by atoms with van der Waals surface area (Å²) in [5.41, 5.74) is 0.495. The first kappa shape index (κ1) is 12.6. The first-order valence-corrected chi connectivity index (χ1v) is 6.74. The Balaban J connectivity index is 2.21. The summed E-state index contributed by atoms with van der Waals surface area (Å²) >= 11 is 0. The van der Waals surface area contributed by atoms with E-state index in [1.54, 1.807) is 24.3 Å². The molecule has 0 radical (unpaired) electrons. The van der Waals surface area contributed by atoms with Gasteiger partial charge in [-0.05, 0) is 56.6 Å². The highest BCUT2D eigenvalue weighted by Gasteiger charge is 2.14. The van der Waals surface area contributed by atoms with Gasteiger partial charge >= 0.3 is 11.9 Å². The van der Waals surface area contributed by atoms with E-state index in [4.69, 9.17) is 0 Å². The molecule has 22 heavy (non-hydrogen) atoms. The van der Waals surface area contributed by atoms with Crippen LogP contribution < -0.4 is 0 Å². The van der Waals surface area contributed by atoms with E-state index in [9.17, 15) is 19.8 Å². The Bertz CT molecular complexity index is 925. The Kier molecular flexibility index (Phi) is 2.39. The predicted molar refractivity (Wildman–Crippen MR) is 84.1 cm³/mol. The van der Waals surface area contributed by atoms with Gasteiger partial charge in [-0.2, -0.15) is 0 Å². The molecular weight excluding hydrogens is 280 g/mol. The molecule has 4 aromatic rings. The van der Waals surface area contributed by atoms with Crippen molar-refractivity contribution in [1.29, 1.82) is 0 Å². The minimum atomic E-state index is -0.960. The lowest BCUT2D eigenvalue weighted by atomic mass is 9.91. The summed E-state index contributed by atoms with van der Waals surface area (Å²) in [7, 11) is 0. The summed E-state index contributed by atoms with van der Waals surface area (Å²) in [4.78, 5) is 22.4. The van der Waals surface area contributed by atoms with Crippen LogP contribution in [0.25, 0.3) is 32.3 Å². The standard InChI is InChI=1S/C18H10O4/c19-17(20)13-5-9-1-2-10-6-14(18(21)22)8-12-4-3-11(7-13)15(9)16(10)12/h1-8H,(H,19,20)(H,21,22). The molecule has 0 aromatic heterocycles. The van der Waals surface area contributed by atoms with Crippen LogP contribution in [0.4, 0.5) is 0 Å². The van der Waals surface area contributed by atoms with Crippen molar-refractivity contribution in [3.63, 3.8) is 0 Å². The van der Waals surface area contributed by atoms with Crippen molar-refractivity contribution in [2.75, 3.05) is 0 Å². The maximum Gasteiger partial charge on any atom is 0.335 e. The largest absolute Gasteiger partial charge is 0.478 e. The van der Waals surface area contributed by atoms with E-state index in [0.717, 1.165) is 32.3 Å². The summed E-state index contributed by atoms with van der Waals surface area (Å²) in [6, 6.07) is 13.9. The maximum absolute atomic E-state index is 11.2. The van der Waals surface area contributed by atoms with Crippen LogP contribution in [0.5, 0.6) is 0 Å². The Hall–Kier alpha value is -3.14. The van der Waals surface area contributed by atoms with Gasteiger partial charge in [0.15, 0.2) is 0 Å². The Labute approximate surface area is 124 Å². The Morgan fingerprint density at radius 1 is 0.591 bits per heavy atom. The molecule has 0 bridgehead atoms. The van der Waals surface area contributed by atoms with Gasteiger partial charge in [-0.15, -0.1) is 0 Å². The Morgan fingerprint density at radius 2 is 0.864 bits per heavy atom. The van der Waals surface area contributed by atoms with Gasteiger partial charge < -0.3 is 10.2 Å². The van der Waals surface area contributed by atoms with Crippen molar-refractivity contribution in [2.45, 2.75) is 0 Å². The molecule has 0 amide bonds. The van der Waals surface area contributed by atoms with Crippen molar-refractivity contribution in [1.82, 2.24) is 0 Å². The lowest BCUT2D eigenvalue weighted by Gasteiger charge is -2.12. The van der Waals surface area contributed by atoms with E-state index in [2.05, 4.69) is 0 Å². The fraction of sp³-hybridized carbons (Fsp3) is 0. The van der Waals surface area contributed by atoms with Gasteiger partial charge in [0, 0.05) is 0 Å². The fourth-order valence-electron chi connectivity index (χ4n) is 3.08. The predicted octanol–water partition coefficient (Wildman–Crippen LogP) is 3.98. The van der Waals surface area contributed by atoms with E-state index in [-0.39, 0.29) is 11.1 Å². The lowest BCUT2D eigenvalue weighted by molar-refractivity contribution is 0.0686. The Morgan fingerprint density at radius 3 is 1.09 bits per heavy atom. The van der Waals surface area contributed by atoms with Crippen LogP contribution in [-0.4, -0.2) is 22.2 Å². The number of carboxylic acid groups (broad SMARTS) is 2. The van der Waals surface area contributed by atoms with Crippen LogP contribution in [0.3, 0.4) is 0 Å². The van der Waals surface area contributed by atoms with Crippen molar-refractivity contribution < 1.29 is 19.8 Å². The van der Waals surface area contributed by atoms with E-state index in [0.29, 0.717) is 0 Å². The molecule has 4 heteroatoms. The minimum absolute atomic E-state index is 0.247. The third-order valence-corrected chi connectivity index (χ3v) is 4.03. The average Bonchev–Trinajstić information content (AvgIpc) is 2.51. The number of carbonyl (C=O) groups is 2. The van der Waals surface area contributed by atoms with Gasteiger partial charge in [-0.3, -0.25) is 0 Å². The highest BCUT2D eigenvalue weighted by atomic mass is 16.4. The number of rotatable bonds is 2. The van der Waals surface area contributed by atoms with Gasteiger partial charge in [0.25, 0.3) is 0 Å². The molecule has 4 nitrogen and oxygen atoms in total. The monoisotopic (exact) mass is 290 g/mol. The van der Waals surface area contributed by atoms with Gasteiger partial charge in [0.05, 0.1) is 11.1 Å². The molecule has 0 heterocycles. The second kappa shape index (κ2) is 4.18. The maximum atomic E-state index is 11.2. The van der Waals surface area contributed by atoms with E-state index >= 15 is 0 Å².